The van der Waals surface area contributed by atoms with E-state index in [4.69, 9.17) is 9.47 Å². The average molecular weight is 384 g/mol. The van der Waals surface area contributed by atoms with Crippen molar-refractivity contribution >= 4 is 21.3 Å². The van der Waals surface area contributed by atoms with E-state index in [-0.39, 0.29) is 16.4 Å². The largest absolute Gasteiger partial charge is 0.497 e. The van der Waals surface area contributed by atoms with Crippen LogP contribution in [0.5, 0.6) is 11.5 Å². The summed E-state index contributed by atoms with van der Waals surface area (Å²) in [5.74, 6) is 1.19. The number of hydrogen-bond donors (Lipinski definition) is 1. The predicted octanol–water partition coefficient (Wildman–Crippen LogP) is 3.82. The molecule has 0 aliphatic rings. The smallest absolute Gasteiger partial charge is 0.186 e. The van der Waals surface area contributed by atoms with Gasteiger partial charge >= 0.3 is 0 Å². The molecule has 6 nitrogen and oxygen atoms in total. The van der Waals surface area contributed by atoms with Crippen LogP contribution in [0.2, 0.25) is 0 Å². The molecule has 140 valence electrons. The number of nitrogens with one attached hydrogen (secondary N) is 1. The fourth-order valence-corrected chi connectivity index (χ4v) is 4.10. The van der Waals surface area contributed by atoms with Crippen LogP contribution in [0.4, 0.5) is 11.5 Å². The van der Waals surface area contributed by atoms with E-state index >= 15 is 0 Å². The molecule has 0 amide bonds. The Morgan fingerprint density at radius 2 is 1.74 bits per heavy atom. The Morgan fingerprint density at radius 3 is 2.37 bits per heavy atom. The number of ether oxygens (including phenoxy) is 2. The molecule has 0 spiro atoms. The van der Waals surface area contributed by atoms with Gasteiger partial charge in [0, 0.05) is 18.0 Å². The molecule has 1 heterocycles. The van der Waals surface area contributed by atoms with Crippen LogP contribution in [0, 0.1) is 0 Å². The zero-order valence-electron chi connectivity index (χ0n) is 15.0. The molecule has 0 bridgehead atoms. The standard InChI is InChI=1S/C20H20N2O4S/c1-25-17-9-10-18(26-2)19(12-17)27(23,24)14-15-8-11-20(21-13-15)22-16-6-4-3-5-7-16/h3-13H,14H2,1-2H3,(H,21,22). The van der Waals surface area contributed by atoms with Gasteiger partial charge in [0.2, 0.25) is 0 Å². The van der Waals surface area contributed by atoms with E-state index in [0.717, 1.165) is 5.69 Å². The Kier molecular flexibility index (Phi) is 5.61. The van der Waals surface area contributed by atoms with Crippen LogP contribution in [-0.2, 0) is 15.6 Å². The van der Waals surface area contributed by atoms with Gasteiger partial charge in [-0.05, 0) is 35.9 Å². The van der Waals surface area contributed by atoms with Crippen molar-refractivity contribution in [2.45, 2.75) is 10.6 Å². The van der Waals surface area contributed by atoms with Crippen molar-refractivity contribution in [1.29, 1.82) is 0 Å². The van der Waals surface area contributed by atoms with E-state index in [1.165, 1.54) is 20.3 Å². The first-order chi connectivity index (χ1) is 13.0. The van der Waals surface area contributed by atoms with E-state index in [2.05, 4.69) is 10.3 Å². The molecule has 0 unspecified atom stereocenters. The highest BCUT2D eigenvalue weighted by Crippen LogP contribution is 2.30. The summed E-state index contributed by atoms with van der Waals surface area (Å²) in [6, 6.07) is 17.8. The summed E-state index contributed by atoms with van der Waals surface area (Å²) in [4.78, 5) is 4.39. The zero-order valence-corrected chi connectivity index (χ0v) is 15.9. The lowest BCUT2D eigenvalue weighted by Gasteiger charge is -2.11. The number of sulfone groups is 1. The topological polar surface area (TPSA) is 77.5 Å². The fraction of sp³-hybridized carbons (Fsp3) is 0.150. The molecule has 1 N–H and O–H groups in total. The van der Waals surface area contributed by atoms with Crippen molar-refractivity contribution in [2.24, 2.45) is 0 Å². The Bertz CT molecular complexity index is 1000. The highest BCUT2D eigenvalue weighted by Gasteiger charge is 2.21. The van der Waals surface area contributed by atoms with E-state index in [1.807, 2.05) is 30.3 Å². The van der Waals surface area contributed by atoms with Crippen LogP contribution in [0.3, 0.4) is 0 Å². The van der Waals surface area contributed by atoms with Gasteiger partial charge in [-0.25, -0.2) is 13.4 Å². The molecule has 0 saturated carbocycles. The van der Waals surface area contributed by atoms with Gasteiger partial charge in [-0.1, -0.05) is 24.3 Å². The van der Waals surface area contributed by atoms with E-state index < -0.39 is 9.84 Å². The summed E-state index contributed by atoms with van der Waals surface area (Å²) in [7, 11) is -0.702. The van der Waals surface area contributed by atoms with Gasteiger partial charge in [-0.15, -0.1) is 0 Å². The highest BCUT2D eigenvalue weighted by molar-refractivity contribution is 7.90. The van der Waals surface area contributed by atoms with Crippen molar-refractivity contribution in [1.82, 2.24) is 4.98 Å². The van der Waals surface area contributed by atoms with Gasteiger partial charge in [0.15, 0.2) is 9.84 Å². The second kappa shape index (κ2) is 8.09. The minimum atomic E-state index is -3.63. The van der Waals surface area contributed by atoms with Gasteiger partial charge in [-0.2, -0.15) is 0 Å². The number of rotatable bonds is 7. The normalized spacial score (nSPS) is 11.0. The Hall–Kier alpha value is -3.06. The van der Waals surface area contributed by atoms with Crippen molar-refractivity contribution in [3.8, 4) is 11.5 Å². The third-order valence-corrected chi connectivity index (χ3v) is 5.64. The summed E-state index contributed by atoms with van der Waals surface area (Å²) in [5, 5.41) is 3.16. The monoisotopic (exact) mass is 384 g/mol. The maximum Gasteiger partial charge on any atom is 0.186 e. The molecule has 0 fully saturated rings. The first-order valence-corrected chi connectivity index (χ1v) is 9.89. The summed E-state index contributed by atoms with van der Waals surface area (Å²) >= 11 is 0. The Balaban J connectivity index is 1.80. The molecule has 0 aliphatic heterocycles. The lowest BCUT2D eigenvalue weighted by molar-refractivity contribution is 0.392. The minimum Gasteiger partial charge on any atom is -0.497 e. The van der Waals surface area contributed by atoms with Gasteiger partial charge < -0.3 is 14.8 Å². The second-order valence-corrected chi connectivity index (χ2v) is 7.78. The molecule has 27 heavy (non-hydrogen) atoms. The lowest BCUT2D eigenvalue weighted by atomic mass is 10.3. The van der Waals surface area contributed by atoms with E-state index in [9.17, 15) is 8.42 Å². The lowest BCUT2D eigenvalue weighted by Crippen LogP contribution is -2.08. The third kappa shape index (κ3) is 4.57. The number of anilines is 2. The molecule has 7 heteroatoms. The summed E-state index contributed by atoms with van der Waals surface area (Å²) in [6.45, 7) is 0. The van der Waals surface area contributed by atoms with Gasteiger partial charge in [0.05, 0.1) is 20.0 Å². The number of pyridine rings is 1. The van der Waals surface area contributed by atoms with Gasteiger partial charge in [-0.3, -0.25) is 0 Å². The predicted molar refractivity (Wildman–Crippen MR) is 104 cm³/mol. The van der Waals surface area contributed by atoms with Crippen LogP contribution >= 0.6 is 0 Å². The molecule has 0 atom stereocenters. The number of hydrogen-bond acceptors (Lipinski definition) is 6. The summed E-state index contributed by atoms with van der Waals surface area (Å²) in [6.07, 6.45) is 1.55. The number of benzene rings is 2. The Labute approximate surface area is 158 Å². The van der Waals surface area contributed by atoms with E-state index in [1.54, 1.807) is 30.5 Å². The molecule has 0 radical (unpaired) electrons. The van der Waals surface area contributed by atoms with Gasteiger partial charge in [0.1, 0.15) is 22.2 Å². The van der Waals surface area contributed by atoms with Crippen LogP contribution < -0.4 is 14.8 Å². The number of nitrogens with zero attached hydrogens (tertiary/aromatic N) is 1. The van der Waals surface area contributed by atoms with Gasteiger partial charge in [0.25, 0.3) is 0 Å². The number of aromatic nitrogens is 1. The fourth-order valence-electron chi connectivity index (χ4n) is 2.58. The molecule has 3 rings (SSSR count). The number of para-hydroxylation sites is 1. The van der Waals surface area contributed by atoms with Crippen LogP contribution in [-0.4, -0.2) is 27.6 Å². The van der Waals surface area contributed by atoms with Crippen molar-refractivity contribution < 1.29 is 17.9 Å². The quantitative estimate of drug-likeness (QED) is 0.667. The second-order valence-electron chi connectivity index (χ2n) is 5.82. The summed E-state index contributed by atoms with van der Waals surface area (Å²) < 4.78 is 36.0. The maximum atomic E-state index is 12.8. The summed E-state index contributed by atoms with van der Waals surface area (Å²) in [5.41, 5.74) is 1.49. The molecule has 0 aliphatic carbocycles. The number of methoxy groups -OCH3 is 2. The maximum absolute atomic E-state index is 12.8. The molecule has 3 aromatic rings. The minimum absolute atomic E-state index is 0.0934. The van der Waals surface area contributed by atoms with Crippen molar-refractivity contribution in [2.75, 3.05) is 19.5 Å². The highest BCUT2D eigenvalue weighted by atomic mass is 32.2. The van der Waals surface area contributed by atoms with Crippen LogP contribution in [0.1, 0.15) is 5.56 Å². The SMILES string of the molecule is COc1ccc(OC)c(S(=O)(=O)Cc2ccc(Nc3ccccc3)nc2)c1. The Morgan fingerprint density at radius 1 is 0.963 bits per heavy atom. The van der Waals surface area contributed by atoms with Crippen molar-refractivity contribution in [3.63, 3.8) is 0 Å². The first-order valence-electron chi connectivity index (χ1n) is 8.23. The first kappa shape index (κ1) is 18.7. The molecule has 2 aromatic carbocycles. The molecule has 1 aromatic heterocycles. The molecular formula is C20H20N2O4S. The molecular weight excluding hydrogens is 364 g/mol. The van der Waals surface area contributed by atoms with Crippen LogP contribution in [0.15, 0.2) is 71.8 Å². The zero-order chi connectivity index (χ0) is 19.3. The van der Waals surface area contributed by atoms with E-state index in [0.29, 0.717) is 17.1 Å². The average Bonchev–Trinajstić information content (AvgIpc) is 2.69. The molecule has 0 saturated heterocycles. The van der Waals surface area contributed by atoms with Crippen molar-refractivity contribution in [3.05, 3.63) is 72.4 Å². The third-order valence-electron chi connectivity index (χ3n) is 3.93. The van der Waals surface area contributed by atoms with Crippen LogP contribution in [0.25, 0.3) is 0 Å².